The van der Waals surface area contributed by atoms with Crippen molar-refractivity contribution in [3.63, 3.8) is 0 Å². The van der Waals surface area contributed by atoms with E-state index in [1.54, 1.807) is 25.1 Å². The van der Waals surface area contributed by atoms with E-state index in [1.165, 1.54) is 13.1 Å². The highest BCUT2D eigenvalue weighted by molar-refractivity contribution is 6.06. The van der Waals surface area contributed by atoms with Crippen LogP contribution in [0.5, 0.6) is 11.5 Å². The molecule has 2 aliphatic carbocycles. The predicted molar refractivity (Wildman–Crippen MR) is 103 cm³/mol. The number of rotatable bonds is 7. The third-order valence-electron chi connectivity index (χ3n) is 5.69. The van der Waals surface area contributed by atoms with E-state index < -0.39 is 12.1 Å². The molecule has 1 aromatic carbocycles. The number of nitrogens with zero attached hydrogens (tertiary/aromatic N) is 2. The van der Waals surface area contributed by atoms with E-state index >= 15 is 0 Å². The Morgan fingerprint density at radius 2 is 1.90 bits per heavy atom. The molecule has 2 fully saturated rings. The van der Waals surface area contributed by atoms with E-state index in [1.807, 2.05) is 12.2 Å². The fourth-order valence-electron chi connectivity index (χ4n) is 4.34. The number of fused-ring (bicyclic) bond motifs is 5. The molecule has 1 aliphatic heterocycles. The van der Waals surface area contributed by atoms with E-state index in [2.05, 4.69) is 5.10 Å². The van der Waals surface area contributed by atoms with Gasteiger partial charge in [0.05, 0.1) is 24.7 Å². The third-order valence-corrected chi connectivity index (χ3v) is 5.69. The molecule has 5 atom stereocenters. The van der Waals surface area contributed by atoms with Gasteiger partial charge >= 0.3 is 5.97 Å². The van der Waals surface area contributed by atoms with Crippen molar-refractivity contribution in [2.75, 3.05) is 6.61 Å². The number of carboxylic acid groups (broad SMARTS) is 1. The second kappa shape index (κ2) is 7.35. The molecule has 0 spiro atoms. The van der Waals surface area contributed by atoms with Gasteiger partial charge in [0.2, 0.25) is 0 Å². The highest BCUT2D eigenvalue weighted by Crippen LogP contribution is 2.52. The van der Waals surface area contributed by atoms with Gasteiger partial charge < -0.3 is 14.6 Å². The molecular weight excluding hydrogens is 376 g/mol. The molecule has 4 rings (SSSR count). The van der Waals surface area contributed by atoms with Crippen molar-refractivity contribution in [3.8, 4) is 11.5 Å². The zero-order valence-electron chi connectivity index (χ0n) is 16.1. The SMILES string of the molecule is CCOc1cc(C=NN2C(=O)[C@@H]3[C@H](C2=O)[C@H]2C=C[C@H]3C2)ccc1O[C@@H](C)C(=O)O. The van der Waals surface area contributed by atoms with E-state index in [-0.39, 0.29) is 35.5 Å². The maximum absolute atomic E-state index is 12.7. The molecular formula is C21H22N2O6. The first-order chi connectivity index (χ1) is 13.9. The summed E-state index contributed by atoms with van der Waals surface area (Å²) in [5, 5.41) is 14.2. The number of carbonyl (C=O) groups excluding carboxylic acids is 2. The quantitative estimate of drug-likeness (QED) is 0.428. The van der Waals surface area contributed by atoms with E-state index in [4.69, 9.17) is 14.6 Å². The molecule has 0 aromatic heterocycles. The Balaban J connectivity index is 1.53. The molecule has 8 heteroatoms. The highest BCUT2D eigenvalue weighted by atomic mass is 16.5. The van der Waals surface area contributed by atoms with Gasteiger partial charge in [-0.15, -0.1) is 0 Å². The highest BCUT2D eigenvalue weighted by Gasteiger charge is 2.59. The Labute approximate surface area is 167 Å². The van der Waals surface area contributed by atoms with Crippen molar-refractivity contribution in [1.82, 2.24) is 5.01 Å². The van der Waals surface area contributed by atoms with Crippen molar-refractivity contribution in [2.24, 2.45) is 28.8 Å². The van der Waals surface area contributed by atoms with Gasteiger partial charge in [-0.3, -0.25) is 9.59 Å². The summed E-state index contributed by atoms with van der Waals surface area (Å²) >= 11 is 0. The van der Waals surface area contributed by atoms with Crippen molar-refractivity contribution < 1.29 is 29.0 Å². The van der Waals surface area contributed by atoms with Gasteiger partial charge in [-0.05, 0) is 55.9 Å². The summed E-state index contributed by atoms with van der Waals surface area (Å²) in [4.78, 5) is 36.4. The number of amides is 2. The zero-order chi connectivity index (χ0) is 20.7. The van der Waals surface area contributed by atoms with Gasteiger partial charge in [-0.25, -0.2) is 4.79 Å². The first-order valence-electron chi connectivity index (χ1n) is 9.67. The Morgan fingerprint density at radius 3 is 2.48 bits per heavy atom. The number of carboxylic acids is 1. The average molecular weight is 398 g/mol. The van der Waals surface area contributed by atoms with Gasteiger partial charge in [0, 0.05) is 0 Å². The van der Waals surface area contributed by atoms with Crippen LogP contribution < -0.4 is 9.47 Å². The lowest BCUT2D eigenvalue weighted by Gasteiger charge is -2.15. The molecule has 0 unspecified atom stereocenters. The number of ether oxygens (including phenoxy) is 2. The standard InChI is InChI=1S/C21H22N2O6/c1-3-28-16-8-12(4-7-15(16)29-11(2)21(26)27)10-22-23-19(24)17-13-5-6-14(9-13)18(17)20(23)25/h4-8,10-11,13-14,17-18H,3,9H2,1-2H3,(H,26,27)/t11-,13-,14-,17-,18+/m0/s1. The zero-order valence-corrected chi connectivity index (χ0v) is 16.1. The third kappa shape index (κ3) is 3.28. The van der Waals surface area contributed by atoms with E-state index in [0.29, 0.717) is 23.7 Å². The second-order valence-corrected chi connectivity index (χ2v) is 7.47. The van der Waals surface area contributed by atoms with Crippen LogP contribution in [-0.4, -0.2) is 46.8 Å². The number of hydrogen-bond acceptors (Lipinski definition) is 6. The van der Waals surface area contributed by atoms with Crippen molar-refractivity contribution in [2.45, 2.75) is 26.4 Å². The first-order valence-corrected chi connectivity index (χ1v) is 9.67. The van der Waals surface area contributed by atoms with Crippen LogP contribution in [0.1, 0.15) is 25.8 Å². The summed E-state index contributed by atoms with van der Waals surface area (Å²) in [7, 11) is 0. The molecule has 8 nitrogen and oxygen atoms in total. The number of hydrogen-bond donors (Lipinski definition) is 1. The van der Waals surface area contributed by atoms with Crippen molar-refractivity contribution in [1.29, 1.82) is 0 Å². The molecule has 3 aliphatic rings. The molecule has 1 saturated carbocycles. The van der Waals surface area contributed by atoms with Crippen LogP contribution in [0.25, 0.3) is 0 Å². The van der Waals surface area contributed by atoms with Crippen LogP contribution in [-0.2, 0) is 14.4 Å². The normalized spacial score (nSPS) is 28.3. The number of carbonyl (C=O) groups is 3. The molecule has 2 bridgehead atoms. The summed E-state index contributed by atoms with van der Waals surface area (Å²) < 4.78 is 10.9. The maximum Gasteiger partial charge on any atom is 0.344 e. The lowest BCUT2D eigenvalue weighted by molar-refractivity contribution is -0.144. The molecule has 1 aromatic rings. The minimum Gasteiger partial charge on any atom is -0.490 e. The molecule has 29 heavy (non-hydrogen) atoms. The smallest absolute Gasteiger partial charge is 0.344 e. The Morgan fingerprint density at radius 1 is 1.24 bits per heavy atom. The molecule has 1 saturated heterocycles. The summed E-state index contributed by atoms with van der Waals surface area (Å²) in [6.07, 6.45) is 5.35. The van der Waals surface area contributed by atoms with Crippen LogP contribution in [0.15, 0.2) is 35.5 Å². The van der Waals surface area contributed by atoms with Crippen LogP contribution >= 0.6 is 0 Å². The second-order valence-electron chi connectivity index (χ2n) is 7.47. The average Bonchev–Trinajstić information content (AvgIpc) is 3.36. The minimum atomic E-state index is -1.09. The monoisotopic (exact) mass is 398 g/mol. The van der Waals surface area contributed by atoms with Crippen molar-refractivity contribution in [3.05, 3.63) is 35.9 Å². The number of benzene rings is 1. The first kappa shape index (κ1) is 19.2. The van der Waals surface area contributed by atoms with Gasteiger partial charge in [0.25, 0.3) is 11.8 Å². The number of hydrazone groups is 1. The van der Waals surface area contributed by atoms with Gasteiger partial charge in [-0.1, -0.05) is 12.2 Å². The summed E-state index contributed by atoms with van der Waals surface area (Å²) in [5.41, 5.74) is 0.600. The predicted octanol–water partition coefficient (Wildman–Crippen LogP) is 2.08. The van der Waals surface area contributed by atoms with Gasteiger partial charge in [0.15, 0.2) is 17.6 Å². The summed E-state index contributed by atoms with van der Waals surface area (Å²) in [6.45, 7) is 3.59. The number of allylic oxidation sites excluding steroid dienone is 2. The van der Waals surface area contributed by atoms with Crippen molar-refractivity contribution >= 4 is 24.0 Å². The summed E-state index contributed by atoms with van der Waals surface area (Å²) in [6, 6.07) is 4.87. The molecule has 0 radical (unpaired) electrons. The van der Waals surface area contributed by atoms with Crippen LogP contribution in [0, 0.1) is 23.7 Å². The largest absolute Gasteiger partial charge is 0.490 e. The topological polar surface area (TPSA) is 106 Å². The lowest BCUT2D eigenvalue weighted by Crippen LogP contribution is -2.28. The molecule has 1 N–H and O–H groups in total. The van der Waals surface area contributed by atoms with Crippen LogP contribution in [0.2, 0.25) is 0 Å². The van der Waals surface area contributed by atoms with Crippen LogP contribution in [0.3, 0.4) is 0 Å². The Hall–Kier alpha value is -3.16. The van der Waals surface area contributed by atoms with Gasteiger partial charge in [0.1, 0.15) is 0 Å². The Kier molecular flexibility index (Phi) is 4.86. The number of aliphatic carboxylic acids is 1. The number of imide groups is 1. The molecule has 152 valence electrons. The summed E-state index contributed by atoms with van der Waals surface area (Å²) in [5.74, 6) is -1.21. The van der Waals surface area contributed by atoms with Gasteiger partial charge in [-0.2, -0.15) is 10.1 Å². The minimum absolute atomic E-state index is 0.138. The molecule has 2 amide bonds. The molecule has 1 heterocycles. The Bertz CT molecular complexity index is 894. The van der Waals surface area contributed by atoms with E-state index in [0.717, 1.165) is 11.4 Å². The fraction of sp³-hybridized carbons (Fsp3) is 0.429. The maximum atomic E-state index is 12.7. The van der Waals surface area contributed by atoms with E-state index in [9.17, 15) is 14.4 Å². The fourth-order valence-corrected chi connectivity index (χ4v) is 4.34. The van der Waals surface area contributed by atoms with Crippen LogP contribution in [0.4, 0.5) is 0 Å². The lowest BCUT2D eigenvalue weighted by atomic mass is 9.85.